The minimum Gasteiger partial charge on any atom is -0.302 e. The lowest BCUT2D eigenvalue weighted by Crippen LogP contribution is -2.32. The highest BCUT2D eigenvalue weighted by Gasteiger charge is 2.13. The first-order valence-electron chi connectivity index (χ1n) is 6.36. The number of nitrogens with one attached hydrogen (secondary N) is 2. The molecule has 1 aromatic heterocycles. The second-order valence-corrected chi connectivity index (χ2v) is 4.22. The number of non-ortho nitro benzene ring substituents is 1. The fourth-order valence-electron chi connectivity index (χ4n) is 1.51. The van der Waals surface area contributed by atoms with E-state index in [0.29, 0.717) is 5.56 Å². The van der Waals surface area contributed by atoms with Crippen LogP contribution in [-0.4, -0.2) is 27.9 Å². The third-order valence-corrected chi connectivity index (χ3v) is 2.60. The molecule has 1 aromatic carbocycles. The summed E-state index contributed by atoms with van der Waals surface area (Å²) < 4.78 is 0. The van der Waals surface area contributed by atoms with Crippen LogP contribution >= 0.6 is 0 Å². The fourth-order valence-corrected chi connectivity index (χ4v) is 1.51. The standard InChI is InChI=1S/C14H11N5O4/c20-13(17-12-3-1-2-8-15-12)14(21)18-16-9-10-4-6-11(7-5-10)19(22)23/h1-9H,(H,18,21)(H,15,17,20)/b16-9-. The van der Waals surface area contributed by atoms with Gasteiger partial charge in [0.1, 0.15) is 5.82 Å². The van der Waals surface area contributed by atoms with Crippen LogP contribution in [0, 0.1) is 10.1 Å². The van der Waals surface area contributed by atoms with E-state index < -0.39 is 16.7 Å². The first-order chi connectivity index (χ1) is 11.1. The maximum atomic E-state index is 11.6. The van der Waals surface area contributed by atoms with Gasteiger partial charge in [-0.3, -0.25) is 19.7 Å². The van der Waals surface area contributed by atoms with Gasteiger partial charge in [-0.05, 0) is 29.8 Å². The number of carbonyl (C=O) groups excluding carboxylic acids is 2. The van der Waals surface area contributed by atoms with Gasteiger partial charge in [0.2, 0.25) is 0 Å². The van der Waals surface area contributed by atoms with Gasteiger partial charge in [-0.1, -0.05) is 6.07 Å². The number of anilines is 1. The first kappa shape index (κ1) is 15.8. The second-order valence-electron chi connectivity index (χ2n) is 4.22. The topological polar surface area (TPSA) is 127 Å². The number of nitro benzene ring substituents is 1. The molecule has 0 aliphatic carbocycles. The number of hydrogen-bond donors (Lipinski definition) is 2. The molecule has 23 heavy (non-hydrogen) atoms. The van der Waals surface area contributed by atoms with Crippen molar-refractivity contribution < 1.29 is 14.5 Å². The summed E-state index contributed by atoms with van der Waals surface area (Å²) in [5.74, 6) is -1.63. The van der Waals surface area contributed by atoms with Gasteiger partial charge >= 0.3 is 11.8 Å². The molecule has 0 saturated heterocycles. The predicted molar refractivity (Wildman–Crippen MR) is 81.7 cm³/mol. The van der Waals surface area contributed by atoms with E-state index in [9.17, 15) is 19.7 Å². The van der Waals surface area contributed by atoms with Crippen molar-refractivity contribution in [2.24, 2.45) is 5.10 Å². The van der Waals surface area contributed by atoms with Crippen LogP contribution in [0.4, 0.5) is 11.5 Å². The van der Waals surface area contributed by atoms with E-state index in [0.717, 1.165) is 0 Å². The number of nitrogens with zero attached hydrogens (tertiary/aromatic N) is 3. The summed E-state index contributed by atoms with van der Waals surface area (Å²) in [4.78, 5) is 36.9. The van der Waals surface area contributed by atoms with Gasteiger partial charge < -0.3 is 5.32 Å². The van der Waals surface area contributed by atoms with Crippen LogP contribution in [-0.2, 0) is 9.59 Å². The van der Waals surface area contributed by atoms with Crippen LogP contribution in [0.3, 0.4) is 0 Å². The number of aromatic nitrogens is 1. The molecule has 2 rings (SSSR count). The van der Waals surface area contributed by atoms with Crippen LogP contribution in [0.5, 0.6) is 0 Å². The zero-order valence-corrected chi connectivity index (χ0v) is 11.7. The van der Waals surface area contributed by atoms with Crippen LogP contribution < -0.4 is 10.7 Å². The summed E-state index contributed by atoms with van der Waals surface area (Å²) in [5, 5.41) is 16.4. The number of hydrazone groups is 1. The smallest absolute Gasteiger partial charge is 0.302 e. The number of amides is 2. The van der Waals surface area contributed by atoms with E-state index in [2.05, 4.69) is 15.4 Å². The molecule has 2 amide bonds. The van der Waals surface area contributed by atoms with Crippen molar-refractivity contribution in [3.05, 3.63) is 64.3 Å². The quantitative estimate of drug-likeness (QED) is 0.378. The van der Waals surface area contributed by atoms with Gasteiger partial charge in [0.05, 0.1) is 11.1 Å². The third kappa shape index (κ3) is 4.70. The van der Waals surface area contributed by atoms with Crippen molar-refractivity contribution in [2.75, 3.05) is 5.32 Å². The molecule has 9 heteroatoms. The Kier molecular flexibility index (Phi) is 5.08. The summed E-state index contributed by atoms with van der Waals surface area (Å²) in [5.41, 5.74) is 2.52. The van der Waals surface area contributed by atoms with Gasteiger partial charge in [-0.2, -0.15) is 5.10 Å². The predicted octanol–water partition coefficient (Wildman–Crippen LogP) is 1.08. The second kappa shape index (κ2) is 7.41. The van der Waals surface area contributed by atoms with Crippen LogP contribution in [0.2, 0.25) is 0 Å². The van der Waals surface area contributed by atoms with Crippen LogP contribution in [0.25, 0.3) is 0 Å². The van der Waals surface area contributed by atoms with Crippen molar-refractivity contribution in [3.63, 3.8) is 0 Å². The Balaban J connectivity index is 1.88. The van der Waals surface area contributed by atoms with Crippen molar-refractivity contribution in [1.82, 2.24) is 10.4 Å². The first-order valence-corrected chi connectivity index (χ1v) is 6.36. The summed E-state index contributed by atoms with van der Waals surface area (Å²) in [6.45, 7) is 0. The number of carbonyl (C=O) groups is 2. The molecule has 0 fully saturated rings. The highest BCUT2D eigenvalue weighted by molar-refractivity contribution is 6.39. The van der Waals surface area contributed by atoms with Crippen molar-refractivity contribution >= 4 is 29.5 Å². The van der Waals surface area contributed by atoms with Gasteiger partial charge in [0.25, 0.3) is 5.69 Å². The van der Waals surface area contributed by atoms with E-state index in [1.807, 2.05) is 5.43 Å². The monoisotopic (exact) mass is 313 g/mol. The maximum Gasteiger partial charge on any atom is 0.329 e. The number of hydrogen-bond acceptors (Lipinski definition) is 6. The number of nitro groups is 1. The highest BCUT2D eigenvalue weighted by Crippen LogP contribution is 2.10. The average Bonchev–Trinajstić information content (AvgIpc) is 2.56. The molecule has 2 N–H and O–H groups in total. The van der Waals surface area contributed by atoms with E-state index in [4.69, 9.17) is 0 Å². The van der Waals surface area contributed by atoms with Crippen LogP contribution in [0.15, 0.2) is 53.8 Å². The summed E-state index contributed by atoms with van der Waals surface area (Å²) >= 11 is 0. The number of benzene rings is 1. The number of rotatable bonds is 4. The highest BCUT2D eigenvalue weighted by atomic mass is 16.6. The van der Waals surface area contributed by atoms with Crippen molar-refractivity contribution in [2.45, 2.75) is 0 Å². The molecule has 116 valence electrons. The van der Waals surface area contributed by atoms with E-state index in [-0.39, 0.29) is 11.5 Å². The summed E-state index contributed by atoms with van der Waals surface area (Å²) in [7, 11) is 0. The Morgan fingerprint density at radius 2 is 1.87 bits per heavy atom. The average molecular weight is 313 g/mol. The minimum atomic E-state index is -0.964. The van der Waals surface area contributed by atoms with Crippen LogP contribution in [0.1, 0.15) is 5.56 Å². The maximum absolute atomic E-state index is 11.6. The van der Waals surface area contributed by atoms with Gasteiger partial charge in [-0.15, -0.1) is 0 Å². The Hall–Kier alpha value is -3.62. The summed E-state index contributed by atoms with van der Waals surface area (Å²) in [6, 6.07) is 10.4. The summed E-state index contributed by atoms with van der Waals surface area (Å²) in [6.07, 6.45) is 2.73. The molecule has 0 unspecified atom stereocenters. The zero-order chi connectivity index (χ0) is 16.7. The Bertz CT molecular complexity index is 744. The van der Waals surface area contributed by atoms with Crippen molar-refractivity contribution in [1.29, 1.82) is 0 Å². The number of pyridine rings is 1. The Morgan fingerprint density at radius 1 is 1.13 bits per heavy atom. The van der Waals surface area contributed by atoms with Gasteiger partial charge in [0.15, 0.2) is 0 Å². The normalized spacial score (nSPS) is 10.3. The van der Waals surface area contributed by atoms with Gasteiger partial charge in [-0.25, -0.2) is 10.4 Å². The molecular weight excluding hydrogens is 302 g/mol. The molecule has 0 saturated carbocycles. The minimum absolute atomic E-state index is 0.0547. The van der Waals surface area contributed by atoms with E-state index in [1.165, 1.54) is 42.7 Å². The molecule has 0 spiro atoms. The third-order valence-electron chi connectivity index (χ3n) is 2.60. The molecule has 0 bridgehead atoms. The van der Waals surface area contributed by atoms with E-state index >= 15 is 0 Å². The lowest BCUT2D eigenvalue weighted by molar-refractivity contribution is -0.384. The fraction of sp³-hybridized carbons (Fsp3) is 0. The molecule has 2 aromatic rings. The molecule has 0 aliphatic heterocycles. The molecule has 0 atom stereocenters. The lowest BCUT2D eigenvalue weighted by Gasteiger charge is -2.02. The lowest BCUT2D eigenvalue weighted by atomic mass is 10.2. The van der Waals surface area contributed by atoms with Gasteiger partial charge in [0, 0.05) is 18.3 Å². The largest absolute Gasteiger partial charge is 0.329 e. The molecule has 9 nitrogen and oxygen atoms in total. The molecule has 0 aliphatic rings. The Labute approximate surface area is 130 Å². The van der Waals surface area contributed by atoms with E-state index in [1.54, 1.807) is 12.1 Å². The molecule has 0 radical (unpaired) electrons. The Morgan fingerprint density at radius 3 is 2.48 bits per heavy atom. The van der Waals surface area contributed by atoms with Crippen molar-refractivity contribution in [3.8, 4) is 0 Å². The SMILES string of the molecule is O=C(N/N=C\c1ccc([N+](=O)[O-])cc1)C(=O)Nc1ccccn1. The molecular formula is C14H11N5O4. The zero-order valence-electron chi connectivity index (χ0n) is 11.7. The molecule has 1 heterocycles.